The van der Waals surface area contributed by atoms with Crippen LogP contribution in [0.5, 0.6) is 5.75 Å². The Kier molecular flexibility index (Phi) is 7.45. The maximum atomic E-state index is 14.3. The number of nitrogens with zero attached hydrogens (tertiary/aromatic N) is 3. The molecule has 0 aromatic heterocycles. The minimum atomic E-state index is -1.08. The molecule has 1 aliphatic heterocycles. The van der Waals surface area contributed by atoms with E-state index in [0.29, 0.717) is 42.1 Å². The molecule has 0 spiro atoms. The van der Waals surface area contributed by atoms with Crippen LogP contribution in [0.4, 0.5) is 9.18 Å². The van der Waals surface area contributed by atoms with E-state index in [2.05, 4.69) is 0 Å². The van der Waals surface area contributed by atoms with Crippen molar-refractivity contribution in [1.82, 2.24) is 9.80 Å². The van der Waals surface area contributed by atoms with Gasteiger partial charge in [-0.2, -0.15) is 5.26 Å². The fourth-order valence-electron chi connectivity index (χ4n) is 3.69. The highest BCUT2D eigenvalue weighted by Crippen LogP contribution is 2.27. The number of carbonyl (C=O) groups is 2. The first kappa shape index (κ1) is 25.0. The number of piperazine rings is 1. The van der Waals surface area contributed by atoms with Crippen molar-refractivity contribution < 1.29 is 23.5 Å². The topological polar surface area (TPSA) is 82.9 Å². The second-order valence-corrected chi connectivity index (χ2v) is 9.45. The van der Waals surface area contributed by atoms with E-state index in [9.17, 15) is 14.0 Å². The summed E-state index contributed by atoms with van der Waals surface area (Å²) < 4.78 is 25.8. The van der Waals surface area contributed by atoms with E-state index in [0.717, 1.165) is 0 Å². The summed E-state index contributed by atoms with van der Waals surface area (Å²) >= 11 is 0. The van der Waals surface area contributed by atoms with Crippen LogP contribution in [0.25, 0.3) is 0 Å². The number of hydrogen-bond acceptors (Lipinski definition) is 5. The number of nitriles is 1. The standard InChI is InChI=1S/C26H30FN3O4/c1-17-6-9-20(14-22(17)27)23(33-21-10-7-19(15-28)8-11-21)24(31)29-12-13-30(18(2)16-29)25(32)34-26(3,4)5/h6-11,14,18,23H,12-13,16H2,1-5H3/t18-,23+/m1/s1. The SMILES string of the molecule is Cc1ccc([C@H](Oc2ccc(C#N)cc2)C(=O)N2CCN(C(=O)OC(C)(C)C)[C@H](C)C2)cc1F. The zero-order valence-electron chi connectivity index (χ0n) is 20.2. The van der Waals surface area contributed by atoms with E-state index < -0.39 is 23.6 Å². The first-order valence-electron chi connectivity index (χ1n) is 11.2. The van der Waals surface area contributed by atoms with Crippen molar-refractivity contribution in [2.24, 2.45) is 0 Å². The van der Waals surface area contributed by atoms with E-state index >= 15 is 0 Å². The van der Waals surface area contributed by atoms with Gasteiger partial charge in [0.2, 0.25) is 6.10 Å². The van der Waals surface area contributed by atoms with Gasteiger partial charge in [0.25, 0.3) is 5.91 Å². The molecule has 1 heterocycles. The summed E-state index contributed by atoms with van der Waals surface area (Å²) in [4.78, 5) is 29.3. The van der Waals surface area contributed by atoms with Crippen LogP contribution < -0.4 is 4.74 Å². The lowest BCUT2D eigenvalue weighted by atomic mass is 10.0. The van der Waals surface area contributed by atoms with Gasteiger partial charge >= 0.3 is 6.09 Å². The monoisotopic (exact) mass is 467 g/mol. The third-order valence-corrected chi connectivity index (χ3v) is 5.53. The maximum absolute atomic E-state index is 14.3. The smallest absolute Gasteiger partial charge is 0.410 e. The third-order valence-electron chi connectivity index (χ3n) is 5.53. The Balaban J connectivity index is 1.81. The molecule has 2 atom stereocenters. The highest BCUT2D eigenvalue weighted by molar-refractivity contribution is 5.83. The van der Waals surface area contributed by atoms with Crippen LogP contribution in [0.15, 0.2) is 42.5 Å². The summed E-state index contributed by atoms with van der Waals surface area (Å²) in [5.74, 6) is -0.371. The number of aryl methyl sites for hydroxylation is 1. The Labute approximate surface area is 199 Å². The van der Waals surface area contributed by atoms with Gasteiger partial charge in [0.05, 0.1) is 11.6 Å². The van der Waals surface area contributed by atoms with Crippen molar-refractivity contribution in [3.05, 3.63) is 65.0 Å². The molecule has 0 aliphatic carbocycles. The van der Waals surface area contributed by atoms with Gasteiger partial charge in [-0.3, -0.25) is 4.79 Å². The van der Waals surface area contributed by atoms with Gasteiger partial charge in [-0.25, -0.2) is 9.18 Å². The molecular formula is C26H30FN3O4. The Morgan fingerprint density at radius 1 is 1.15 bits per heavy atom. The average molecular weight is 468 g/mol. The third kappa shape index (κ3) is 6.04. The first-order chi connectivity index (χ1) is 16.0. The lowest BCUT2D eigenvalue weighted by molar-refractivity contribution is -0.142. The number of halogens is 1. The summed E-state index contributed by atoms with van der Waals surface area (Å²) in [6, 6.07) is 12.7. The van der Waals surface area contributed by atoms with Gasteiger partial charge < -0.3 is 19.3 Å². The molecule has 0 saturated carbocycles. The number of carbonyl (C=O) groups excluding carboxylic acids is 2. The highest BCUT2D eigenvalue weighted by Gasteiger charge is 2.36. The van der Waals surface area contributed by atoms with Gasteiger partial charge in [-0.05, 0) is 70.5 Å². The van der Waals surface area contributed by atoms with Crippen LogP contribution in [0.1, 0.15) is 50.5 Å². The molecule has 8 heteroatoms. The molecule has 0 N–H and O–H groups in total. The molecule has 2 amide bonds. The van der Waals surface area contributed by atoms with Crippen LogP contribution in [-0.2, 0) is 9.53 Å². The van der Waals surface area contributed by atoms with Crippen molar-refractivity contribution in [2.45, 2.75) is 52.4 Å². The first-order valence-corrected chi connectivity index (χ1v) is 11.2. The van der Waals surface area contributed by atoms with Crippen LogP contribution >= 0.6 is 0 Å². The second kappa shape index (κ2) is 10.1. The Morgan fingerprint density at radius 3 is 2.38 bits per heavy atom. The number of ether oxygens (including phenoxy) is 2. The molecule has 3 rings (SSSR count). The quantitative estimate of drug-likeness (QED) is 0.657. The van der Waals surface area contributed by atoms with Crippen molar-refractivity contribution in [2.75, 3.05) is 19.6 Å². The van der Waals surface area contributed by atoms with Crippen molar-refractivity contribution in [3.8, 4) is 11.8 Å². The van der Waals surface area contributed by atoms with Crippen LogP contribution in [0.3, 0.4) is 0 Å². The predicted molar refractivity (Wildman–Crippen MR) is 125 cm³/mol. The molecule has 2 aromatic carbocycles. The van der Waals surface area contributed by atoms with E-state index in [1.807, 2.05) is 13.0 Å². The van der Waals surface area contributed by atoms with E-state index in [1.165, 1.54) is 6.07 Å². The van der Waals surface area contributed by atoms with Crippen LogP contribution in [-0.4, -0.2) is 53.1 Å². The van der Waals surface area contributed by atoms with Crippen LogP contribution in [0.2, 0.25) is 0 Å². The number of rotatable bonds is 4. The molecule has 0 unspecified atom stereocenters. The molecule has 0 bridgehead atoms. The summed E-state index contributed by atoms with van der Waals surface area (Å²) in [7, 11) is 0. The van der Waals surface area contributed by atoms with E-state index in [1.54, 1.807) is 73.9 Å². The largest absolute Gasteiger partial charge is 0.476 e. The number of benzene rings is 2. The van der Waals surface area contributed by atoms with Gasteiger partial charge in [-0.1, -0.05) is 12.1 Å². The Morgan fingerprint density at radius 2 is 1.82 bits per heavy atom. The second-order valence-electron chi connectivity index (χ2n) is 9.45. The summed E-state index contributed by atoms with van der Waals surface area (Å²) in [5.41, 5.74) is 0.704. The van der Waals surface area contributed by atoms with Gasteiger partial charge in [0.1, 0.15) is 17.2 Å². The average Bonchev–Trinajstić information content (AvgIpc) is 2.78. The van der Waals surface area contributed by atoms with E-state index in [4.69, 9.17) is 14.7 Å². The zero-order chi connectivity index (χ0) is 25.0. The molecular weight excluding hydrogens is 437 g/mol. The molecule has 1 aliphatic rings. The molecule has 1 saturated heterocycles. The Hall–Kier alpha value is -3.60. The molecule has 34 heavy (non-hydrogen) atoms. The molecule has 1 fully saturated rings. The van der Waals surface area contributed by atoms with Gasteiger partial charge in [0.15, 0.2) is 0 Å². The van der Waals surface area contributed by atoms with Crippen LogP contribution in [0, 0.1) is 24.1 Å². The summed E-state index contributed by atoms with van der Waals surface area (Å²) in [5, 5.41) is 9.02. The Bertz CT molecular complexity index is 1090. The maximum Gasteiger partial charge on any atom is 0.410 e. The van der Waals surface area contributed by atoms with E-state index in [-0.39, 0.29) is 11.9 Å². The zero-order valence-corrected chi connectivity index (χ0v) is 20.2. The fraction of sp³-hybridized carbons (Fsp3) is 0.423. The lowest BCUT2D eigenvalue weighted by Gasteiger charge is -2.41. The van der Waals surface area contributed by atoms with Gasteiger partial charge in [-0.15, -0.1) is 0 Å². The minimum Gasteiger partial charge on any atom is -0.476 e. The molecule has 0 radical (unpaired) electrons. The highest BCUT2D eigenvalue weighted by atomic mass is 19.1. The normalized spacial score (nSPS) is 17.0. The number of amides is 2. The molecule has 2 aromatic rings. The van der Waals surface area contributed by atoms with Crippen molar-refractivity contribution in [3.63, 3.8) is 0 Å². The van der Waals surface area contributed by atoms with Crippen molar-refractivity contribution >= 4 is 12.0 Å². The minimum absolute atomic E-state index is 0.266. The predicted octanol–water partition coefficient (Wildman–Crippen LogP) is 4.59. The van der Waals surface area contributed by atoms with Crippen molar-refractivity contribution in [1.29, 1.82) is 5.26 Å². The molecule has 180 valence electrons. The fourth-order valence-corrected chi connectivity index (χ4v) is 3.69. The van der Waals surface area contributed by atoms with Gasteiger partial charge in [0, 0.05) is 31.2 Å². The lowest BCUT2D eigenvalue weighted by Crippen LogP contribution is -2.57. The summed E-state index contributed by atoms with van der Waals surface area (Å²) in [6.07, 6.45) is -1.50. The summed E-state index contributed by atoms with van der Waals surface area (Å²) in [6.45, 7) is 9.82. The molecule has 7 nitrogen and oxygen atoms in total. The number of hydrogen-bond donors (Lipinski definition) is 0.